The summed E-state index contributed by atoms with van der Waals surface area (Å²) in [5.74, 6) is 0.204. The predicted octanol–water partition coefficient (Wildman–Crippen LogP) is -2.50. The van der Waals surface area contributed by atoms with E-state index in [1.165, 1.54) is 0 Å². The predicted molar refractivity (Wildman–Crippen MR) is 104 cm³/mol. The number of nitrogens with one attached hydrogen (secondary N) is 2. The molecule has 8 atom stereocenters. The Morgan fingerprint density at radius 2 is 2.07 bits per heavy atom. The number of hydrogen-bond acceptors (Lipinski definition) is 9. The fourth-order valence-corrected chi connectivity index (χ4v) is 7.02. The van der Waals surface area contributed by atoms with Gasteiger partial charge in [-0.2, -0.15) is 0 Å². The lowest BCUT2D eigenvalue weighted by atomic mass is 9.71. The summed E-state index contributed by atoms with van der Waals surface area (Å²) in [6, 6.07) is 3.64. The number of nitrogens with zero attached hydrogens (tertiary/aromatic N) is 4. The van der Waals surface area contributed by atoms with E-state index in [2.05, 4.69) is 27.5 Å². The molecule has 4 aliphatic heterocycles. The maximum atomic E-state index is 13.5. The number of amides is 1. The molecule has 2 unspecified atom stereocenters. The van der Waals surface area contributed by atoms with Crippen LogP contribution in [0.15, 0.2) is 28.3 Å². The second-order valence-corrected chi connectivity index (χ2v) is 8.83. The molecule has 154 valence electrons. The van der Waals surface area contributed by atoms with Crippen molar-refractivity contribution in [2.24, 2.45) is 50.9 Å². The normalized spacial score (nSPS) is 46.6. The third-order valence-electron chi connectivity index (χ3n) is 8.00. The van der Waals surface area contributed by atoms with Gasteiger partial charge in [-0.1, -0.05) is 6.92 Å². The number of aliphatic hydroxyl groups excluding tert-OH is 1. The number of nitrogens with two attached hydrogens (primary N) is 3. The van der Waals surface area contributed by atoms with E-state index in [0.29, 0.717) is 18.8 Å². The van der Waals surface area contributed by atoms with Gasteiger partial charge in [0, 0.05) is 18.7 Å². The van der Waals surface area contributed by atoms with Crippen LogP contribution in [-0.2, 0) is 0 Å². The lowest BCUT2D eigenvalue weighted by Gasteiger charge is -2.51. The van der Waals surface area contributed by atoms with E-state index in [4.69, 9.17) is 17.2 Å². The van der Waals surface area contributed by atoms with Gasteiger partial charge in [0.05, 0.1) is 5.54 Å². The highest BCUT2D eigenvalue weighted by Gasteiger charge is 2.78. The second-order valence-electron chi connectivity index (χ2n) is 8.83. The van der Waals surface area contributed by atoms with E-state index in [-0.39, 0.29) is 41.5 Å². The molecular weight excluding hydrogens is 374 g/mol. The van der Waals surface area contributed by atoms with Gasteiger partial charge in [0.1, 0.15) is 5.69 Å². The number of guanidine groups is 2. The fourth-order valence-electron chi connectivity index (χ4n) is 7.02. The molecule has 1 amide bonds. The van der Waals surface area contributed by atoms with Crippen LogP contribution in [-0.4, -0.2) is 62.9 Å². The minimum absolute atomic E-state index is 0.0238. The highest BCUT2D eigenvalue weighted by Crippen LogP contribution is 2.63. The zero-order chi connectivity index (χ0) is 20.3. The minimum Gasteiger partial charge on any atom is -0.370 e. The standard InChI is InChI=1S/C18H25N9O2/c1-7-8(5-19)9-6-27-12(28)10-3-2-4-26(10)13-18(27,25-15(20)22-13)11(9)17(7)14(29)23-16(21)24-17/h2-4,7-9,11,13-14,29H,5-6,19H2,1H3,(H3,20,22,25)(H3,21,23,24)/t7-,8+,9+,11+,13+,14+,17?,18?/m0/s1. The molecule has 11 nitrogen and oxygen atoms in total. The Kier molecular flexibility index (Phi) is 2.97. The zero-order valence-corrected chi connectivity index (χ0v) is 16.0. The third-order valence-corrected chi connectivity index (χ3v) is 8.00. The molecule has 1 aromatic rings. The van der Waals surface area contributed by atoms with E-state index in [1.54, 1.807) is 6.07 Å². The molecule has 1 aliphatic carbocycles. The smallest absolute Gasteiger partial charge is 0.272 e. The number of aromatic nitrogens is 1. The fraction of sp³-hybridized carbons (Fsp3) is 0.611. The van der Waals surface area contributed by atoms with Crippen LogP contribution in [0.3, 0.4) is 0 Å². The van der Waals surface area contributed by atoms with E-state index >= 15 is 0 Å². The van der Waals surface area contributed by atoms with Gasteiger partial charge in [0.15, 0.2) is 30.0 Å². The first-order valence-electron chi connectivity index (χ1n) is 9.96. The summed E-state index contributed by atoms with van der Waals surface area (Å²) in [4.78, 5) is 24.2. The second kappa shape index (κ2) is 5.03. The molecule has 11 heteroatoms. The Bertz CT molecular complexity index is 988. The van der Waals surface area contributed by atoms with Crippen LogP contribution in [0.25, 0.3) is 0 Å². The van der Waals surface area contributed by atoms with Gasteiger partial charge in [-0.25, -0.2) is 9.98 Å². The van der Waals surface area contributed by atoms with Crippen molar-refractivity contribution < 1.29 is 9.90 Å². The van der Waals surface area contributed by atoms with Crippen LogP contribution < -0.4 is 27.8 Å². The van der Waals surface area contributed by atoms with Crippen molar-refractivity contribution in [3.8, 4) is 0 Å². The zero-order valence-electron chi connectivity index (χ0n) is 16.0. The summed E-state index contributed by atoms with van der Waals surface area (Å²) in [5.41, 5.74) is 17.2. The van der Waals surface area contributed by atoms with Crippen molar-refractivity contribution in [2.75, 3.05) is 13.1 Å². The molecule has 2 fully saturated rings. The number of carbonyl (C=O) groups excluding carboxylic acids is 1. The SMILES string of the molecule is C[C@H]1[C@@H](CN)[C@H]2CN3C(=O)c4cccn4[C@H]4N=C(N)NC43[C@H]2C12NC(N)=N[C@@H]2O. The molecule has 0 radical (unpaired) electrons. The molecule has 1 aromatic heterocycles. The average Bonchev–Trinajstić information content (AvgIpc) is 3.42. The van der Waals surface area contributed by atoms with Crippen LogP contribution in [0.5, 0.6) is 0 Å². The molecular formula is C18H25N9O2. The molecule has 5 heterocycles. The monoisotopic (exact) mass is 399 g/mol. The molecule has 5 aliphatic rings. The Balaban J connectivity index is 1.60. The van der Waals surface area contributed by atoms with Gasteiger partial charge >= 0.3 is 0 Å². The highest BCUT2D eigenvalue weighted by atomic mass is 16.3. The van der Waals surface area contributed by atoms with Crippen LogP contribution in [0.2, 0.25) is 0 Å². The van der Waals surface area contributed by atoms with Crippen LogP contribution in [0.1, 0.15) is 23.6 Å². The molecule has 6 rings (SSSR count). The van der Waals surface area contributed by atoms with Crippen molar-refractivity contribution in [1.82, 2.24) is 20.1 Å². The summed E-state index contributed by atoms with van der Waals surface area (Å²) in [6.45, 7) is 3.01. The van der Waals surface area contributed by atoms with E-state index in [0.717, 1.165) is 0 Å². The van der Waals surface area contributed by atoms with Crippen molar-refractivity contribution in [3.63, 3.8) is 0 Å². The van der Waals surface area contributed by atoms with Crippen molar-refractivity contribution in [3.05, 3.63) is 24.0 Å². The topological polar surface area (TPSA) is 172 Å². The number of rotatable bonds is 1. The Morgan fingerprint density at radius 3 is 2.76 bits per heavy atom. The summed E-state index contributed by atoms with van der Waals surface area (Å²) < 4.78 is 1.87. The van der Waals surface area contributed by atoms with E-state index in [1.807, 2.05) is 21.7 Å². The summed E-state index contributed by atoms with van der Waals surface area (Å²) in [7, 11) is 0. The Hall–Kier alpha value is -2.79. The minimum atomic E-state index is -1.05. The maximum Gasteiger partial charge on any atom is 0.272 e. The number of hydrogen-bond donors (Lipinski definition) is 6. The van der Waals surface area contributed by atoms with E-state index < -0.39 is 23.6 Å². The summed E-state index contributed by atoms with van der Waals surface area (Å²) >= 11 is 0. The van der Waals surface area contributed by atoms with Gasteiger partial charge in [0.25, 0.3) is 5.91 Å². The molecule has 1 saturated heterocycles. The van der Waals surface area contributed by atoms with Crippen LogP contribution >= 0.6 is 0 Å². The molecule has 1 saturated carbocycles. The van der Waals surface area contributed by atoms with Gasteiger partial charge < -0.3 is 42.4 Å². The van der Waals surface area contributed by atoms with E-state index in [9.17, 15) is 9.90 Å². The summed E-state index contributed by atoms with van der Waals surface area (Å²) in [5, 5.41) is 17.7. The number of aliphatic hydroxyl groups is 1. The van der Waals surface area contributed by atoms with Crippen molar-refractivity contribution >= 4 is 17.8 Å². The number of fused-ring (bicyclic) bond motifs is 4. The van der Waals surface area contributed by atoms with Crippen molar-refractivity contribution in [1.29, 1.82) is 0 Å². The largest absolute Gasteiger partial charge is 0.370 e. The van der Waals surface area contributed by atoms with Gasteiger partial charge in [-0.15, -0.1) is 0 Å². The van der Waals surface area contributed by atoms with Crippen molar-refractivity contribution in [2.45, 2.75) is 30.5 Å². The number of aliphatic imine (C=N–C) groups is 2. The number of carbonyl (C=O) groups is 1. The third kappa shape index (κ3) is 1.63. The summed E-state index contributed by atoms with van der Waals surface area (Å²) in [6.07, 6.45) is 0.348. The molecule has 2 spiro atoms. The first-order valence-corrected chi connectivity index (χ1v) is 9.96. The van der Waals surface area contributed by atoms with Crippen LogP contribution in [0, 0.1) is 23.7 Å². The molecule has 0 bridgehead atoms. The van der Waals surface area contributed by atoms with Gasteiger partial charge in [-0.05, 0) is 36.4 Å². The first-order chi connectivity index (χ1) is 13.9. The molecule has 0 aromatic carbocycles. The average molecular weight is 399 g/mol. The quantitative estimate of drug-likeness (QED) is 0.303. The lowest BCUT2D eigenvalue weighted by Crippen LogP contribution is -2.73. The molecule has 9 N–H and O–H groups in total. The van der Waals surface area contributed by atoms with Gasteiger partial charge in [0.2, 0.25) is 0 Å². The Morgan fingerprint density at radius 1 is 1.31 bits per heavy atom. The molecule has 29 heavy (non-hydrogen) atoms. The first kappa shape index (κ1) is 17.1. The highest BCUT2D eigenvalue weighted by molar-refractivity contribution is 5.96. The van der Waals surface area contributed by atoms with Crippen LogP contribution in [0.4, 0.5) is 0 Å². The maximum absolute atomic E-state index is 13.5. The Labute approximate surface area is 167 Å². The van der Waals surface area contributed by atoms with Gasteiger partial charge in [-0.3, -0.25) is 4.79 Å². The lowest BCUT2D eigenvalue weighted by molar-refractivity contribution is -0.0404.